The van der Waals surface area contributed by atoms with Crippen molar-refractivity contribution in [3.8, 4) is 5.75 Å². The molecule has 2 N–H and O–H groups in total. The first-order valence-electron chi connectivity index (χ1n) is 7.28. The van der Waals surface area contributed by atoms with Gasteiger partial charge >= 0.3 is 0 Å². The van der Waals surface area contributed by atoms with Crippen molar-refractivity contribution in [1.29, 1.82) is 0 Å². The lowest BCUT2D eigenvalue weighted by molar-refractivity contribution is 0.0933. The Labute approximate surface area is 134 Å². The number of hydrogen-bond acceptors (Lipinski definition) is 3. The first-order chi connectivity index (χ1) is 11.1. The summed E-state index contributed by atoms with van der Waals surface area (Å²) in [5.74, 6) is -0.00884. The fraction of sp³-hybridized carbons (Fsp3) is 0.111. The summed E-state index contributed by atoms with van der Waals surface area (Å²) in [4.78, 5) is 12.5. The number of aryl methyl sites for hydroxylation is 1. The Morgan fingerprint density at radius 1 is 1.04 bits per heavy atom. The van der Waals surface area contributed by atoms with Crippen LogP contribution in [0.1, 0.15) is 27.7 Å². The van der Waals surface area contributed by atoms with Gasteiger partial charge in [-0.25, -0.2) is 0 Å². The first kappa shape index (κ1) is 14.8. The van der Waals surface area contributed by atoms with E-state index in [9.17, 15) is 9.90 Å². The molecule has 2 aromatic carbocycles. The van der Waals surface area contributed by atoms with Gasteiger partial charge in [-0.2, -0.15) is 5.10 Å². The van der Waals surface area contributed by atoms with Crippen LogP contribution in [0.3, 0.4) is 0 Å². The highest BCUT2D eigenvalue weighted by atomic mass is 16.3. The van der Waals surface area contributed by atoms with E-state index < -0.39 is 0 Å². The maximum atomic E-state index is 12.5. The molecule has 23 heavy (non-hydrogen) atoms. The number of hydrogen-bond donors (Lipinski definition) is 2. The summed E-state index contributed by atoms with van der Waals surface area (Å²) >= 11 is 0. The van der Waals surface area contributed by atoms with Gasteiger partial charge in [0.2, 0.25) is 0 Å². The molecule has 1 atom stereocenters. The lowest BCUT2D eigenvalue weighted by Crippen LogP contribution is -2.30. The monoisotopic (exact) mass is 307 g/mol. The van der Waals surface area contributed by atoms with Crippen LogP contribution in [0.15, 0.2) is 66.9 Å². The number of nitrogens with one attached hydrogen (secondary N) is 1. The Kier molecular flexibility index (Phi) is 4.10. The summed E-state index contributed by atoms with van der Waals surface area (Å²) < 4.78 is 1.54. The lowest BCUT2D eigenvalue weighted by atomic mass is 9.98. The summed E-state index contributed by atoms with van der Waals surface area (Å²) in [6.45, 7) is 0. The van der Waals surface area contributed by atoms with Gasteiger partial charge in [-0.3, -0.25) is 9.48 Å². The Balaban J connectivity index is 1.94. The molecule has 0 saturated carbocycles. The van der Waals surface area contributed by atoms with Crippen molar-refractivity contribution in [3.63, 3.8) is 0 Å². The minimum Gasteiger partial charge on any atom is -0.508 e. The smallest absolute Gasteiger partial charge is 0.270 e. The molecular formula is C18H17N3O2. The lowest BCUT2D eigenvalue weighted by Gasteiger charge is -2.20. The summed E-state index contributed by atoms with van der Waals surface area (Å²) in [6.07, 6.45) is 1.59. The van der Waals surface area contributed by atoms with Gasteiger partial charge in [0.1, 0.15) is 11.4 Å². The number of amides is 1. The van der Waals surface area contributed by atoms with Gasteiger partial charge < -0.3 is 10.4 Å². The highest BCUT2D eigenvalue weighted by Crippen LogP contribution is 2.24. The standard InChI is InChI=1S/C18H17N3O2/c1-21-16(11-12-19-21)18(23)20-17(13-5-3-2-4-6-13)14-7-9-15(22)10-8-14/h2-12,17,22H,1H3,(H,20,23). The van der Waals surface area contributed by atoms with Crippen LogP contribution < -0.4 is 5.32 Å². The summed E-state index contributed by atoms with van der Waals surface area (Å²) in [6, 6.07) is 17.9. The molecule has 116 valence electrons. The number of nitrogens with zero attached hydrogens (tertiary/aromatic N) is 2. The van der Waals surface area contributed by atoms with Crippen molar-refractivity contribution in [2.24, 2.45) is 7.05 Å². The highest BCUT2D eigenvalue weighted by Gasteiger charge is 2.19. The third kappa shape index (κ3) is 3.23. The van der Waals surface area contributed by atoms with Gasteiger partial charge in [0.05, 0.1) is 6.04 Å². The number of phenolic OH excluding ortho intramolecular Hbond substituents is 1. The van der Waals surface area contributed by atoms with E-state index in [4.69, 9.17) is 0 Å². The fourth-order valence-electron chi connectivity index (χ4n) is 2.47. The molecule has 1 aromatic heterocycles. The maximum Gasteiger partial charge on any atom is 0.270 e. The molecule has 0 spiro atoms. The van der Waals surface area contributed by atoms with Crippen molar-refractivity contribution in [2.45, 2.75) is 6.04 Å². The van der Waals surface area contributed by atoms with Crippen LogP contribution in [0.5, 0.6) is 5.75 Å². The predicted molar refractivity (Wildman–Crippen MR) is 87.1 cm³/mol. The first-order valence-corrected chi connectivity index (χ1v) is 7.28. The Bertz CT molecular complexity index is 795. The van der Waals surface area contributed by atoms with E-state index in [0.717, 1.165) is 11.1 Å². The molecule has 0 bridgehead atoms. The quantitative estimate of drug-likeness (QED) is 0.778. The van der Waals surface area contributed by atoms with Crippen LogP contribution >= 0.6 is 0 Å². The number of benzene rings is 2. The summed E-state index contributed by atoms with van der Waals surface area (Å²) in [5, 5.41) is 16.5. The molecule has 1 unspecified atom stereocenters. The van der Waals surface area contributed by atoms with Crippen LogP contribution in [0.2, 0.25) is 0 Å². The molecule has 0 aliphatic rings. The van der Waals surface area contributed by atoms with Crippen molar-refractivity contribution in [1.82, 2.24) is 15.1 Å². The van der Waals surface area contributed by atoms with E-state index in [1.54, 1.807) is 43.6 Å². The average Bonchev–Trinajstić information content (AvgIpc) is 3.00. The van der Waals surface area contributed by atoms with Crippen LogP contribution in [0.4, 0.5) is 0 Å². The van der Waals surface area contributed by atoms with Gasteiger partial charge in [0.25, 0.3) is 5.91 Å². The zero-order valence-electron chi connectivity index (χ0n) is 12.7. The number of carbonyl (C=O) groups is 1. The van der Waals surface area contributed by atoms with Crippen LogP contribution in [-0.4, -0.2) is 20.8 Å². The molecule has 5 nitrogen and oxygen atoms in total. The Hall–Kier alpha value is -3.08. The van der Waals surface area contributed by atoms with E-state index in [0.29, 0.717) is 5.69 Å². The van der Waals surface area contributed by atoms with E-state index >= 15 is 0 Å². The van der Waals surface area contributed by atoms with Gasteiger partial charge in [0, 0.05) is 13.2 Å². The van der Waals surface area contributed by atoms with E-state index in [1.807, 2.05) is 30.3 Å². The second-order valence-corrected chi connectivity index (χ2v) is 5.25. The summed E-state index contributed by atoms with van der Waals surface area (Å²) in [5.41, 5.74) is 2.35. The minimum absolute atomic E-state index is 0.193. The topological polar surface area (TPSA) is 67.2 Å². The van der Waals surface area contributed by atoms with Crippen LogP contribution in [0.25, 0.3) is 0 Å². The zero-order valence-corrected chi connectivity index (χ0v) is 12.7. The van der Waals surface area contributed by atoms with Gasteiger partial charge in [-0.1, -0.05) is 42.5 Å². The molecule has 0 aliphatic heterocycles. The van der Waals surface area contributed by atoms with Crippen molar-refractivity contribution in [2.75, 3.05) is 0 Å². The Morgan fingerprint density at radius 2 is 1.70 bits per heavy atom. The van der Waals surface area contributed by atoms with Gasteiger partial charge in [0.15, 0.2) is 0 Å². The molecule has 3 rings (SSSR count). The molecule has 0 saturated heterocycles. The van der Waals surface area contributed by atoms with Crippen LogP contribution in [0, 0.1) is 0 Å². The second-order valence-electron chi connectivity index (χ2n) is 5.25. The van der Waals surface area contributed by atoms with Crippen molar-refractivity contribution >= 4 is 5.91 Å². The SMILES string of the molecule is Cn1nccc1C(=O)NC(c1ccccc1)c1ccc(O)cc1. The molecule has 3 aromatic rings. The molecule has 0 radical (unpaired) electrons. The molecule has 0 aliphatic carbocycles. The fourth-order valence-corrected chi connectivity index (χ4v) is 2.47. The molecule has 5 heteroatoms. The maximum absolute atomic E-state index is 12.5. The molecule has 1 heterocycles. The minimum atomic E-state index is -0.306. The van der Waals surface area contributed by atoms with Crippen LogP contribution in [-0.2, 0) is 7.05 Å². The number of rotatable bonds is 4. The third-order valence-electron chi connectivity index (χ3n) is 3.69. The summed E-state index contributed by atoms with van der Waals surface area (Å²) in [7, 11) is 1.73. The highest BCUT2D eigenvalue weighted by molar-refractivity contribution is 5.93. The number of aromatic nitrogens is 2. The Morgan fingerprint density at radius 3 is 2.30 bits per heavy atom. The number of phenols is 1. The molecule has 1 amide bonds. The largest absolute Gasteiger partial charge is 0.508 e. The van der Waals surface area contributed by atoms with E-state index in [2.05, 4.69) is 10.4 Å². The predicted octanol–water partition coefficient (Wildman–Crippen LogP) is 2.65. The van der Waals surface area contributed by atoms with E-state index in [-0.39, 0.29) is 17.7 Å². The van der Waals surface area contributed by atoms with E-state index in [1.165, 1.54) is 4.68 Å². The molecule has 0 fully saturated rings. The normalized spacial score (nSPS) is 11.9. The molecular weight excluding hydrogens is 290 g/mol. The zero-order chi connectivity index (χ0) is 16.2. The van der Waals surface area contributed by atoms with Gasteiger partial charge in [-0.15, -0.1) is 0 Å². The van der Waals surface area contributed by atoms with Crippen molar-refractivity contribution in [3.05, 3.63) is 83.7 Å². The second kappa shape index (κ2) is 6.36. The third-order valence-corrected chi connectivity index (χ3v) is 3.69. The average molecular weight is 307 g/mol. The number of carbonyl (C=O) groups excluding carboxylic acids is 1. The number of aromatic hydroxyl groups is 1. The van der Waals surface area contributed by atoms with Gasteiger partial charge in [-0.05, 0) is 29.3 Å². The van der Waals surface area contributed by atoms with Crippen molar-refractivity contribution < 1.29 is 9.90 Å².